The minimum absolute atomic E-state index is 0.371. The zero-order valence-electron chi connectivity index (χ0n) is 13.8. The Labute approximate surface area is 156 Å². The van der Waals surface area contributed by atoms with Crippen LogP contribution in [0.5, 0.6) is 0 Å². The molecule has 1 aromatic rings. The number of benzene rings is 1. The molecule has 7 heteroatoms. The van der Waals surface area contributed by atoms with Crippen LogP contribution >= 0.6 is 35.0 Å². The number of carbonyl (C=O) groups excluding carboxylic acids is 2. The largest absolute Gasteiger partial charge is 0.366 e. The van der Waals surface area contributed by atoms with Crippen molar-refractivity contribution in [2.24, 2.45) is 5.73 Å². The highest BCUT2D eigenvalue weighted by Gasteiger charge is 2.20. The average Bonchev–Trinajstić information content (AvgIpc) is 2.53. The van der Waals surface area contributed by atoms with Crippen LogP contribution in [0.25, 0.3) is 4.91 Å². The number of fused-ring (bicyclic) bond motifs is 1. The van der Waals surface area contributed by atoms with Crippen molar-refractivity contribution in [3.63, 3.8) is 0 Å². The number of aryl methyl sites for hydroxylation is 1. The number of rotatable bonds is 5. The van der Waals surface area contributed by atoms with Gasteiger partial charge in [0.05, 0.1) is 15.1 Å². The first kappa shape index (κ1) is 20.6. The van der Waals surface area contributed by atoms with Crippen molar-refractivity contribution in [2.75, 3.05) is 0 Å². The quantitative estimate of drug-likeness (QED) is 0.577. The number of hydrogen-bond acceptors (Lipinski definition) is 3. The van der Waals surface area contributed by atoms with Crippen molar-refractivity contribution in [1.82, 2.24) is 5.32 Å². The molecule has 1 aliphatic rings. The Morgan fingerprint density at radius 3 is 2.46 bits per heavy atom. The lowest BCUT2D eigenvalue weighted by Crippen LogP contribution is -2.14. The lowest BCUT2D eigenvalue weighted by molar-refractivity contribution is -0.113. The highest BCUT2D eigenvalue weighted by atomic mass is 35.5. The SMILES string of the molecule is CC.CC1=C(S/C(=C/C(N)=O)NC=O)c2cc(Cl)c(Cl)cc2CC1. The fourth-order valence-electron chi connectivity index (χ4n) is 2.21. The molecule has 0 aromatic heterocycles. The third-order valence-corrected chi connectivity index (χ3v) is 5.18. The molecule has 2 rings (SSSR count). The topological polar surface area (TPSA) is 72.2 Å². The van der Waals surface area contributed by atoms with Gasteiger partial charge in [0.2, 0.25) is 12.3 Å². The maximum absolute atomic E-state index is 11.1. The van der Waals surface area contributed by atoms with E-state index in [1.54, 1.807) is 0 Å². The van der Waals surface area contributed by atoms with Gasteiger partial charge in [-0.05, 0) is 43.0 Å². The van der Waals surface area contributed by atoms with Gasteiger partial charge in [0, 0.05) is 11.0 Å². The standard InChI is InChI=1S/C15H14Cl2N2O2S.C2H6/c1-8-2-3-9-4-11(16)12(17)5-10(9)15(8)22-14(19-7-20)6-13(18)21;1-2/h4-7H,2-3H2,1H3,(H2,18,21)(H,19,20);1-2H3/b14-6+;. The minimum atomic E-state index is -0.625. The van der Waals surface area contributed by atoms with Crippen molar-refractivity contribution < 1.29 is 9.59 Å². The number of halogens is 2. The van der Waals surface area contributed by atoms with E-state index in [1.165, 1.54) is 17.8 Å². The summed E-state index contributed by atoms with van der Waals surface area (Å²) < 4.78 is 0. The van der Waals surface area contributed by atoms with Gasteiger partial charge in [-0.2, -0.15) is 0 Å². The Morgan fingerprint density at radius 2 is 1.88 bits per heavy atom. The number of allylic oxidation sites excluding steroid dienone is 1. The highest BCUT2D eigenvalue weighted by molar-refractivity contribution is 8.11. The third kappa shape index (κ3) is 5.30. The molecule has 0 heterocycles. The van der Waals surface area contributed by atoms with Crippen LogP contribution in [0.15, 0.2) is 28.8 Å². The molecule has 1 aliphatic carbocycles. The first-order valence-electron chi connectivity index (χ1n) is 7.49. The molecule has 24 heavy (non-hydrogen) atoms. The lowest BCUT2D eigenvalue weighted by Gasteiger charge is -2.22. The Balaban J connectivity index is 0.00000139. The van der Waals surface area contributed by atoms with Crippen LogP contribution in [0.2, 0.25) is 10.0 Å². The van der Waals surface area contributed by atoms with Gasteiger partial charge in [0.25, 0.3) is 0 Å². The average molecular weight is 387 g/mol. The molecular weight excluding hydrogens is 367 g/mol. The van der Waals surface area contributed by atoms with Gasteiger partial charge in [-0.15, -0.1) is 0 Å². The molecule has 0 bridgehead atoms. The maximum Gasteiger partial charge on any atom is 0.244 e. The number of primary amides is 1. The Kier molecular flexibility index (Phi) is 8.39. The number of amides is 2. The van der Waals surface area contributed by atoms with Crippen molar-refractivity contribution in [2.45, 2.75) is 33.6 Å². The van der Waals surface area contributed by atoms with Crippen molar-refractivity contribution >= 4 is 52.2 Å². The second-order valence-electron chi connectivity index (χ2n) is 4.81. The monoisotopic (exact) mass is 386 g/mol. The van der Waals surface area contributed by atoms with Crippen LogP contribution < -0.4 is 11.1 Å². The predicted octanol–water partition coefficient (Wildman–Crippen LogP) is 4.50. The summed E-state index contributed by atoms with van der Waals surface area (Å²) in [6.07, 6.45) is 3.44. The zero-order chi connectivity index (χ0) is 18.3. The fraction of sp³-hybridized carbons (Fsp3) is 0.294. The van der Waals surface area contributed by atoms with Crippen molar-refractivity contribution in [3.05, 3.63) is 50.0 Å². The van der Waals surface area contributed by atoms with E-state index in [0.29, 0.717) is 21.5 Å². The summed E-state index contributed by atoms with van der Waals surface area (Å²) in [6.45, 7) is 6.01. The van der Waals surface area contributed by atoms with Crippen LogP contribution in [-0.2, 0) is 16.0 Å². The number of carbonyl (C=O) groups is 2. The van der Waals surface area contributed by atoms with E-state index >= 15 is 0 Å². The Bertz CT molecular complexity index is 700. The first-order chi connectivity index (χ1) is 11.4. The van der Waals surface area contributed by atoms with Gasteiger partial charge in [-0.3, -0.25) is 9.59 Å². The molecule has 0 fully saturated rings. The van der Waals surface area contributed by atoms with Crippen molar-refractivity contribution in [3.8, 4) is 0 Å². The molecule has 0 aliphatic heterocycles. The van der Waals surface area contributed by atoms with Gasteiger partial charge in [-0.25, -0.2) is 0 Å². The summed E-state index contributed by atoms with van der Waals surface area (Å²) in [6, 6.07) is 3.67. The number of nitrogens with two attached hydrogens (primary N) is 1. The Hall–Kier alpha value is -1.43. The number of hydrogen-bond donors (Lipinski definition) is 2. The van der Waals surface area contributed by atoms with Crippen LogP contribution in [0, 0.1) is 0 Å². The molecule has 0 radical (unpaired) electrons. The molecule has 4 nitrogen and oxygen atoms in total. The first-order valence-corrected chi connectivity index (χ1v) is 9.06. The molecule has 3 N–H and O–H groups in total. The molecule has 0 saturated heterocycles. The van der Waals surface area contributed by atoms with E-state index in [2.05, 4.69) is 5.32 Å². The predicted molar refractivity (Wildman–Crippen MR) is 103 cm³/mol. The maximum atomic E-state index is 11.1. The smallest absolute Gasteiger partial charge is 0.244 e. The molecule has 0 atom stereocenters. The summed E-state index contributed by atoms with van der Waals surface area (Å²) in [7, 11) is 0. The molecule has 2 amide bonds. The third-order valence-electron chi connectivity index (χ3n) is 3.23. The molecule has 0 unspecified atom stereocenters. The molecular formula is C17H20Cl2N2O2S. The molecule has 0 spiro atoms. The van der Waals surface area contributed by atoms with E-state index in [1.807, 2.05) is 32.9 Å². The van der Waals surface area contributed by atoms with Crippen LogP contribution in [-0.4, -0.2) is 12.3 Å². The van der Waals surface area contributed by atoms with E-state index < -0.39 is 5.91 Å². The summed E-state index contributed by atoms with van der Waals surface area (Å²) >= 11 is 13.5. The second kappa shape index (κ2) is 9.77. The molecule has 130 valence electrons. The van der Waals surface area contributed by atoms with Gasteiger partial charge < -0.3 is 11.1 Å². The van der Waals surface area contributed by atoms with Crippen LogP contribution in [0.3, 0.4) is 0 Å². The van der Waals surface area contributed by atoms with E-state index in [-0.39, 0.29) is 0 Å². The number of nitrogens with one attached hydrogen (secondary N) is 1. The fourth-order valence-corrected chi connectivity index (χ4v) is 3.64. The summed E-state index contributed by atoms with van der Waals surface area (Å²) in [5.41, 5.74) is 8.37. The normalized spacial score (nSPS) is 13.6. The number of thioether (sulfide) groups is 1. The Morgan fingerprint density at radius 1 is 1.25 bits per heavy atom. The highest BCUT2D eigenvalue weighted by Crippen LogP contribution is 2.43. The minimum Gasteiger partial charge on any atom is -0.366 e. The van der Waals surface area contributed by atoms with E-state index in [0.717, 1.165) is 34.4 Å². The lowest BCUT2D eigenvalue weighted by atomic mass is 9.93. The zero-order valence-corrected chi connectivity index (χ0v) is 16.1. The van der Waals surface area contributed by atoms with Gasteiger partial charge in [-0.1, -0.05) is 54.4 Å². The molecule has 0 saturated carbocycles. The molecule has 1 aromatic carbocycles. The van der Waals surface area contributed by atoms with Gasteiger partial charge in [0.15, 0.2) is 0 Å². The van der Waals surface area contributed by atoms with Gasteiger partial charge >= 0.3 is 0 Å². The summed E-state index contributed by atoms with van der Waals surface area (Å²) in [4.78, 5) is 22.7. The van der Waals surface area contributed by atoms with E-state index in [4.69, 9.17) is 28.9 Å². The second-order valence-corrected chi connectivity index (χ2v) is 6.67. The van der Waals surface area contributed by atoms with Crippen LogP contribution in [0.4, 0.5) is 0 Å². The summed E-state index contributed by atoms with van der Waals surface area (Å²) in [5, 5.41) is 3.85. The summed E-state index contributed by atoms with van der Waals surface area (Å²) in [5.74, 6) is -0.625. The van der Waals surface area contributed by atoms with Crippen LogP contribution in [0.1, 0.15) is 38.3 Å². The van der Waals surface area contributed by atoms with Gasteiger partial charge in [0.1, 0.15) is 0 Å². The van der Waals surface area contributed by atoms with E-state index in [9.17, 15) is 9.59 Å². The van der Waals surface area contributed by atoms with Crippen molar-refractivity contribution in [1.29, 1.82) is 0 Å².